The minimum absolute atomic E-state index is 0.229. The third kappa shape index (κ3) is 3.67. The predicted molar refractivity (Wildman–Crippen MR) is 65.9 cm³/mol. The molecule has 0 saturated heterocycles. The Morgan fingerprint density at radius 2 is 2.25 bits per heavy atom. The van der Waals surface area contributed by atoms with Crippen LogP contribution in [0.1, 0.15) is 18.9 Å². The van der Waals surface area contributed by atoms with E-state index in [4.69, 9.17) is 16.3 Å². The number of hydrogen-bond donors (Lipinski definition) is 2. The van der Waals surface area contributed by atoms with E-state index in [1.54, 1.807) is 25.3 Å². The van der Waals surface area contributed by atoms with Crippen LogP contribution in [-0.4, -0.2) is 24.9 Å². The van der Waals surface area contributed by atoms with Gasteiger partial charge >= 0.3 is 0 Å². The van der Waals surface area contributed by atoms with E-state index in [1.165, 1.54) is 0 Å². The molecule has 0 aliphatic rings. The quantitative estimate of drug-likeness (QED) is 0.807. The van der Waals surface area contributed by atoms with E-state index < -0.39 is 0 Å². The van der Waals surface area contributed by atoms with Crippen LogP contribution in [-0.2, 0) is 11.3 Å². The first-order chi connectivity index (χ1) is 7.69. The summed E-state index contributed by atoms with van der Waals surface area (Å²) in [5.74, 6) is 0.229. The van der Waals surface area contributed by atoms with E-state index >= 15 is 0 Å². The molecule has 0 aliphatic carbocycles. The van der Waals surface area contributed by atoms with E-state index in [0.717, 1.165) is 12.0 Å². The highest BCUT2D eigenvalue weighted by Gasteiger charge is 2.09. The summed E-state index contributed by atoms with van der Waals surface area (Å²) in [6, 6.07) is 5.42. The summed E-state index contributed by atoms with van der Waals surface area (Å²) >= 11 is 6.00. The summed E-state index contributed by atoms with van der Waals surface area (Å²) in [5, 5.41) is 13.5. The van der Waals surface area contributed by atoms with Gasteiger partial charge in [0.05, 0.1) is 6.61 Å². The SMILES string of the molecule is CCC(COC)NCc1c(O)cccc1Cl. The second-order valence-corrected chi connectivity index (χ2v) is 4.09. The number of benzene rings is 1. The van der Waals surface area contributed by atoms with E-state index in [9.17, 15) is 5.11 Å². The smallest absolute Gasteiger partial charge is 0.121 e. The maximum Gasteiger partial charge on any atom is 0.121 e. The second kappa shape index (κ2) is 6.74. The molecule has 16 heavy (non-hydrogen) atoms. The van der Waals surface area contributed by atoms with Crippen LogP contribution >= 0.6 is 11.6 Å². The number of phenols is 1. The summed E-state index contributed by atoms with van der Waals surface area (Å²) in [7, 11) is 1.68. The molecule has 0 bridgehead atoms. The molecule has 4 heteroatoms. The number of hydrogen-bond acceptors (Lipinski definition) is 3. The van der Waals surface area contributed by atoms with Gasteiger partial charge < -0.3 is 15.2 Å². The Kier molecular flexibility index (Phi) is 5.60. The Morgan fingerprint density at radius 1 is 1.50 bits per heavy atom. The average Bonchev–Trinajstić information content (AvgIpc) is 2.27. The molecule has 1 aromatic carbocycles. The average molecular weight is 244 g/mol. The van der Waals surface area contributed by atoms with Crippen LogP contribution < -0.4 is 5.32 Å². The van der Waals surface area contributed by atoms with Gasteiger partial charge in [0.1, 0.15) is 5.75 Å². The van der Waals surface area contributed by atoms with Crippen molar-refractivity contribution in [2.45, 2.75) is 25.9 Å². The zero-order valence-corrected chi connectivity index (χ0v) is 10.4. The molecule has 1 aromatic rings. The first-order valence-corrected chi connectivity index (χ1v) is 5.75. The lowest BCUT2D eigenvalue weighted by Crippen LogP contribution is -2.32. The monoisotopic (exact) mass is 243 g/mol. The number of rotatable bonds is 6. The van der Waals surface area contributed by atoms with Crippen molar-refractivity contribution in [3.63, 3.8) is 0 Å². The van der Waals surface area contributed by atoms with E-state index in [2.05, 4.69) is 12.2 Å². The molecule has 0 amide bonds. The van der Waals surface area contributed by atoms with Gasteiger partial charge in [-0.25, -0.2) is 0 Å². The minimum Gasteiger partial charge on any atom is -0.508 e. The Hall–Kier alpha value is -0.770. The summed E-state index contributed by atoms with van der Waals surface area (Å²) in [5.41, 5.74) is 0.735. The fourth-order valence-electron chi connectivity index (χ4n) is 1.49. The predicted octanol–water partition coefficient (Wildman–Crippen LogP) is 2.56. The molecule has 2 N–H and O–H groups in total. The molecule has 0 fully saturated rings. The molecule has 0 heterocycles. The zero-order valence-electron chi connectivity index (χ0n) is 9.66. The van der Waals surface area contributed by atoms with Gasteiger partial charge in [0, 0.05) is 30.3 Å². The molecule has 1 atom stereocenters. The molecule has 0 aromatic heterocycles. The van der Waals surface area contributed by atoms with Crippen LogP contribution in [0.4, 0.5) is 0 Å². The lowest BCUT2D eigenvalue weighted by atomic mass is 10.1. The van der Waals surface area contributed by atoms with Crippen molar-refractivity contribution in [2.75, 3.05) is 13.7 Å². The van der Waals surface area contributed by atoms with Gasteiger partial charge in [-0.2, -0.15) is 0 Å². The van der Waals surface area contributed by atoms with Crippen molar-refractivity contribution in [3.05, 3.63) is 28.8 Å². The van der Waals surface area contributed by atoms with Gasteiger partial charge in [-0.3, -0.25) is 0 Å². The first kappa shape index (κ1) is 13.3. The third-order valence-corrected chi connectivity index (χ3v) is 2.88. The van der Waals surface area contributed by atoms with Crippen molar-refractivity contribution in [1.82, 2.24) is 5.32 Å². The number of ether oxygens (including phenoxy) is 1. The highest BCUT2D eigenvalue weighted by atomic mass is 35.5. The number of nitrogens with one attached hydrogen (secondary N) is 1. The first-order valence-electron chi connectivity index (χ1n) is 5.37. The lowest BCUT2D eigenvalue weighted by molar-refractivity contribution is 0.163. The van der Waals surface area contributed by atoms with E-state index in [0.29, 0.717) is 18.2 Å². The van der Waals surface area contributed by atoms with Crippen LogP contribution in [0.15, 0.2) is 18.2 Å². The van der Waals surface area contributed by atoms with Crippen LogP contribution in [0.3, 0.4) is 0 Å². The van der Waals surface area contributed by atoms with Crippen molar-refractivity contribution < 1.29 is 9.84 Å². The Balaban J connectivity index is 2.59. The van der Waals surface area contributed by atoms with Gasteiger partial charge in [0.15, 0.2) is 0 Å². The van der Waals surface area contributed by atoms with Gasteiger partial charge in [0.2, 0.25) is 0 Å². The standard InChI is InChI=1S/C12H18ClNO2/c1-3-9(8-16-2)14-7-10-11(13)5-4-6-12(10)15/h4-6,9,14-15H,3,7-8H2,1-2H3. The Bertz CT molecular complexity index is 311. The van der Waals surface area contributed by atoms with Crippen molar-refractivity contribution >= 4 is 11.6 Å². The summed E-state index contributed by atoms with van der Waals surface area (Å²) in [6.07, 6.45) is 0.971. The molecule has 0 saturated carbocycles. The molecule has 3 nitrogen and oxygen atoms in total. The van der Waals surface area contributed by atoms with Gasteiger partial charge in [-0.05, 0) is 18.6 Å². The molecular weight excluding hydrogens is 226 g/mol. The van der Waals surface area contributed by atoms with Crippen LogP contribution in [0.2, 0.25) is 5.02 Å². The highest BCUT2D eigenvalue weighted by Crippen LogP contribution is 2.24. The molecular formula is C12H18ClNO2. The minimum atomic E-state index is 0.229. The van der Waals surface area contributed by atoms with Crippen LogP contribution in [0, 0.1) is 0 Å². The van der Waals surface area contributed by atoms with Gasteiger partial charge in [0.25, 0.3) is 0 Å². The normalized spacial score (nSPS) is 12.7. The Morgan fingerprint density at radius 3 is 2.81 bits per heavy atom. The van der Waals surface area contributed by atoms with E-state index in [-0.39, 0.29) is 11.8 Å². The van der Waals surface area contributed by atoms with Gasteiger partial charge in [-0.15, -0.1) is 0 Å². The topological polar surface area (TPSA) is 41.5 Å². The molecule has 90 valence electrons. The number of methoxy groups -OCH3 is 1. The zero-order chi connectivity index (χ0) is 12.0. The Labute approximate surface area is 101 Å². The molecule has 1 rings (SSSR count). The maximum atomic E-state index is 9.65. The third-order valence-electron chi connectivity index (χ3n) is 2.52. The summed E-state index contributed by atoms with van der Waals surface area (Å²) in [6.45, 7) is 3.29. The van der Waals surface area contributed by atoms with Crippen molar-refractivity contribution in [1.29, 1.82) is 0 Å². The van der Waals surface area contributed by atoms with Crippen molar-refractivity contribution in [3.8, 4) is 5.75 Å². The summed E-state index contributed by atoms with van der Waals surface area (Å²) < 4.78 is 5.09. The van der Waals surface area contributed by atoms with Gasteiger partial charge in [-0.1, -0.05) is 24.6 Å². The van der Waals surface area contributed by atoms with Crippen LogP contribution in [0.25, 0.3) is 0 Å². The molecule has 0 spiro atoms. The maximum absolute atomic E-state index is 9.65. The number of phenolic OH excluding ortho intramolecular Hbond substituents is 1. The number of aromatic hydroxyl groups is 1. The van der Waals surface area contributed by atoms with E-state index in [1.807, 2.05) is 0 Å². The molecule has 0 radical (unpaired) electrons. The lowest BCUT2D eigenvalue weighted by Gasteiger charge is -2.16. The number of halogens is 1. The van der Waals surface area contributed by atoms with Crippen LogP contribution in [0.5, 0.6) is 5.75 Å². The fraction of sp³-hybridized carbons (Fsp3) is 0.500. The largest absolute Gasteiger partial charge is 0.508 e. The summed E-state index contributed by atoms with van der Waals surface area (Å²) in [4.78, 5) is 0. The second-order valence-electron chi connectivity index (χ2n) is 3.68. The molecule has 1 unspecified atom stereocenters. The molecule has 0 aliphatic heterocycles. The fourth-order valence-corrected chi connectivity index (χ4v) is 1.73. The highest BCUT2D eigenvalue weighted by molar-refractivity contribution is 6.31. The van der Waals surface area contributed by atoms with Crippen molar-refractivity contribution in [2.24, 2.45) is 0 Å².